The van der Waals surface area contributed by atoms with E-state index in [0.717, 1.165) is 0 Å². The third-order valence-electron chi connectivity index (χ3n) is 2.68. The fourth-order valence-electron chi connectivity index (χ4n) is 1.61. The lowest BCUT2D eigenvalue weighted by Gasteiger charge is -2.12. The monoisotopic (exact) mass is 434 g/mol. The van der Waals surface area contributed by atoms with Gasteiger partial charge in [0.25, 0.3) is 10.0 Å². The molecule has 2 aromatic rings. The Morgan fingerprint density at radius 2 is 1.71 bits per heavy atom. The number of nitrogens with one attached hydrogen (secondary N) is 1. The van der Waals surface area contributed by atoms with Crippen LogP contribution in [0.5, 0.6) is 5.75 Å². The molecule has 5 nitrogen and oxygen atoms in total. The molecule has 0 amide bonds. The summed E-state index contributed by atoms with van der Waals surface area (Å²) in [7, 11) is -2.19. The van der Waals surface area contributed by atoms with Gasteiger partial charge in [-0.1, -0.05) is 0 Å². The van der Waals surface area contributed by atoms with E-state index in [1.54, 1.807) is 12.1 Å². The Bertz CT molecular complexity index is 762. The van der Waals surface area contributed by atoms with E-state index in [-0.39, 0.29) is 4.90 Å². The molecular weight excluding hydrogens is 424 g/mol. The van der Waals surface area contributed by atoms with Gasteiger partial charge in [0, 0.05) is 16.2 Å². The molecule has 0 fully saturated rings. The third-order valence-corrected chi connectivity index (χ3v) is 5.33. The Kier molecular flexibility index (Phi) is 4.80. The summed E-state index contributed by atoms with van der Waals surface area (Å²) in [5, 5.41) is 0. The molecule has 3 N–H and O–H groups in total. The van der Waals surface area contributed by atoms with E-state index < -0.39 is 10.0 Å². The summed E-state index contributed by atoms with van der Waals surface area (Å²) in [6.45, 7) is 0. The summed E-state index contributed by atoms with van der Waals surface area (Å²) in [6, 6.07) is 9.25. The first-order valence-corrected chi connectivity index (χ1v) is 8.82. The molecule has 0 radical (unpaired) electrons. The van der Waals surface area contributed by atoms with Crippen molar-refractivity contribution < 1.29 is 13.2 Å². The average Bonchev–Trinajstić information content (AvgIpc) is 2.42. The summed E-state index contributed by atoms with van der Waals surface area (Å²) >= 11 is 6.64. The SMILES string of the molecule is COc1cc(NS(=O)(=O)c2ccc(N)cc2)c(Br)cc1Br. The van der Waals surface area contributed by atoms with Crippen LogP contribution in [-0.4, -0.2) is 15.5 Å². The summed E-state index contributed by atoms with van der Waals surface area (Å²) in [4.78, 5) is 0.130. The summed E-state index contributed by atoms with van der Waals surface area (Å²) < 4.78 is 33.6. The first-order valence-electron chi connectivity index (χ1n) is 5.75. The van der Waals surface area contributed by atoms with Gasteiger partial charge in [0.05, 0.1) is 22.2 Å². The zero-order valence-electron chi connectivity index (χ0n) is 10.9. The van der Waals surface area contributed by atoms with Crippen LogP contribution in [0.4, 0.5) is 11.4 Å². The minimum Gasteiger partial charge on any atom is -0.495 e. The molecule has 112 valence electrons. The van der Waals surface area contributed by atoms with Crippen molar-refractivity contribution in [3.8, 4) is 5.75 Å². The number of ether oxygens (including phenoxy) is 1. The highest BCUT2D eigenvalue weighted by molar-refractivity contribution is 9.11. The maximum absolute atomic E-state index is 12.3. The number of halogens is 2. The average molecular weight is 436 g/mol. The molecule has 0 aliphatic heterocycles. The number of nitrogens with two attached hydrogens (primary N) is 1. The second-order valence-electron chi connectivity index (χ2n) is 4.14. The minimum absolute atomic E-state index is 0.130. The largest absolute Gasteiger partial charge is 0.495 e. The summed E-state index contributed by atoms with van der Waals surface area (Å²) in [5.74, 6) is 0.521. The van der Waals surface area contributed by atoms with Gasteiger partial charge in [-0.3, -0.25) is 4.72 Å². The molecule has 0 heterocycles. The molecule has 8 heteroatoms. The van der Waals surface area contributed by atoms with Gasteiger partial charge in [0.1, 0.15) is 5.75 Å². The topological polar surface area (TPSA) is 81.4 Å². The van der Waals surface area contributed by atoms with E-state index in [2.05, 4.69) is 36.6 Å². The highest BCUT2D eigenvalue weighted by Gasteiger charge is 2.17. The quantitative estimate of drug-likeness (QED) is 0.718. The van der Waals surface area contributed by atoms with Gasteiger partial charge < -0.3 is 10.5 Å². The number of nitrogen functional groups attached to an aromatic ring is 1. The van der Waals surface area contributed by atoms with Crippen LogP contribution < -0.4 is 15.2 Å². The van der Waals surface area contributed by atoms with Gasteiger partial charge in [-0.15, -0.1) is 0 Å². The van der Waals surface area contributed by atoms with Crippen molar-refractivity contribution in [2.75, 3.05) is 17.6 Å². The van der Waals surface area contributed by atoms with Crippen molar-refractivity contribution in [2.45, 2.75) is 4.90 Å². The molecule has 0 saturated heterocycles. The van der Waals surface area contributed by atoms with Crippen LogP contribution in [-0.2, 0) is 10.0 Å². The van der Waals surface area contributed by atoms with Gasteiger partial charge in [0.2, 0.25) is 0 Å². The van der Waals surface area contributed by atoms with Crippen LogP contribution in [0.1, 0.15) is 0 Å². The third kappa shape index (κ3) is 3.69. The lowest BCUT2D eigenvalue weighted by atomic mass is 10.3. The van der Waals surface area contributed by atoms with Crippen molar-refractivity contribution in [1.82, 2.24) is 0 Å². The highest BCUT2D eigenvalue weighted by atomic mass is 79.9. The fraction of sp³-hybridized carbons (Fsp3) is 0.0769. The van der Waals surface area contributed by atoms with Crippen molar-refractivity contribution in [2.24, 2.45) is 0 Å². The zero-order chi connectivity index (χ0) is 15.6. The first kappa shape index (κ1) is 16.1. The van der Waals surface area contributed by atoms with Gasteiger partial charge in [-0.2, -0.15) is 0 Å². The summed E-state index contributed by atoms with van der Waals surface area (Å²) in [5.41, 5.74) is 6.44. The molecule has 0 atom stereocenters. The lowest BCUT2D eigenvalue weighted by molar-refractivity contribution is 0.412. The number of benzene rings is 2. The van der Waals surface area contributed by atoms with E-state index in [1.807, 2.05) is 0 Å². The number of hydrogen-bond donors (Lipinski definition) is 2. The number of rotatable bonds is 4. The van der Waals surface area contributed by atoms with Gasteiger partial charge in [-0.25, -0.2) is 8.42 Å². The van der Waals surface area contributed by atoms with Crippen LogP contribution in [0.15, 0.2) is 50.2 Å². The number of methoxy groups -OCH3 is 1. The van der Waals surface area contributed by atoms with Gasteiger partial charge in [0.15, 0.2) is 0 Å². The predicted octanol–water partition coefficient (Wildman–Crippen LogP) is 3.60. The van der Waals surface area contributed by atoms with Crippen molar-refractivity contribution in [3.05, 3.63) is 45.3 Å². The van der Waals surface area contributed by atoms with Crippen molar-refractivity contribution in [1.29, 1.82) is 0 Å². The van der Waals surface area contributed by atoms with Crippen LogP contribution >= 0.6 is 31.9 Å². The van der Waals surface area contributed by atoms with E-state index in [0.29, 0.717) is 26.1 Å². The Labute approximate surface area is 139 Å². The predicted molar refractivity (Wildman–Crippen MR) is 90.1 cm³/mol. The number of anilines is 2. The zero-order valence-corrected chi connectivity index (χ0v) is 14.9. The Morgan fingerprint density at radius 3 is 2.29 bits per heavy atom. The minimum atomic E-state index is -3.70. The van der Waals surface area contributed by atoms with Gasteiger partial charge >= 0.3 is 0 Å². The molecule has 0 aromatic heterocycles. The van der Waals surface area contributed by atoms with Crippen LogP contribution in [0.2, 0.25) is 0 Å². The first-order chi connectivity index (χ1) is 9.83. The maximum atomic E-state index is 12.3. The number of hydrogen-bond acceptors (Lipinski definition) is 4. The van der Waals surface area contributed by atoms with Gasteiger partial charge in [-0.05, 0) is 62.2 Å². The lowest BCUT2D eigenvalue weighted by Crippen LogP contribution is -2.13. The molecule has 0 unspecified atom stereocenters. The molecule has 0 bridgehead atoms. The molecule has 0 spiro atoms. The highest BCUT2D eigenvalue weighted by Crippen LogP contribution is 2.35. The number of sulfonamides is 1. The molecule has 0 saturated carbocycles. The Morgan fingerprint density at radius 1 is 1.10 bits per heavy atom. The van der Waals surface area contributed by atoms with E-state index in [4.69, 9.17) is 10.5 Å². The fourth-order valence-corrected chi connectivity index (χ4v) is 4.07. The van der Waals surface area contributed by atoms with E-state index >= 15 is 0 Å². The molecule has 2 rings (SSSR count). The smallest absolute Gasteiger partial charge is 0.261 e. The summed E-state index contributed by atoms with van der Waals surface area (Å²) in [6.07, 6.45) is 0. The van der Waals surface area contributed by atoms with E-state index in [1.165, 1.54) is 31.4 Å². The normalized spacial score (nSPS) is 11.2. The second kappa shape index (κ2) is 6.25. The van der Waals surface area contributed by atoms with Crippen molar-refractivity contribution in [3.63, 3.8) is 0 Å². The molecular formula is C13H12Br2N2O3S. The molecule has 2 aromatic carbocycles. The Balaban J connectivity index is 2.39. The second-order valence-corrected chi connectivity index (χ2v) is 7.53. The van der Waals surface area contributed by atoms with Crippen molar-refractivity contribution >= 4 is 53.3 Å². The van der Waals surface area contributed by atoms with Crippen LogP contribution in [0.25, 0.3) is 0 Å². The van der Waals surface area contributed by atoms with E-state index in [9.17, 15) is 8.42 Å². The Hall–Kier alpha value is -1.25. The molecule has 0 aliphatic carbocycles. The van der Waals surface area contributed by atoms with Crippen LogP contribution in [0, 0.1) is 0 Å². The maximum Gasteiger partial charge on any atom is 0.261 e. The standard InChI is InChI=1S/C13H12Br2N2O3S/c1-20-13-7-12(10(14)6-11(13)15)17-21(18,19)9-4-2-8(16)3-5-9/h2-7,17H,16H2,1H3. The molecule has 0 aliphatic rings. The van der Waals surface area contributed by atoms with Crippen LogP contribution in [0.3, 0.4) is 0 Å². The molecule has 21 heavy (non-hydrogen) atoms.